The third kappa shape index (κ3) is 4.44. The second kappa shape index (κ2) is 7.96. The summed E-state index contributed by atoms with van der Waals surface area (Å²) in [4.78, 5) is 4.10. The minimum absolute atomic E-state index is 0.320. The number of aromatic nitrogens is 2. The molecule has 0 aliphatic carbocycles. The summed E-state index contributed by atoms with van der Waals surface area (Å²) in [6.07, 6.45) is 8.06. The standard InChI is InChI=1S/C15H18Cl2N2S/c1-2-3-8-20-15(10-19-7-6-18-11-19)13-5-4-12(16)9-14(13)17/h4-7,9,11,15H,2-3,8,10H2,1H3. The number of hydrogen-bond acceptors (Lipinski definition) is 2. The zero-order valence-electron chi connectivity index (χ0n) is 11.4. The van der Waals surface area contributed by atoms with Crippen molar-refractivity contribution in [3.8, 4) is 0 Å². The van der Waals surface area contributed by atoms with E-state index in [0.717, 1.165) is 22.9 Å². The molecule has 1 aromatic carbocycles. The minimum atomic E-state index is 0.320. The van der Waals surface area contributed by atoms with Crippen LogP contribution in [0.25, 0.3) is 0 Å². The first kappa shape index (κ1) is 15.7. The molecule has 1 unspecified atom stereocenters. The van der Waals surface area contributed by atoms with E-state index in [2.05, 4.69) is 16.5 Å². The lowest BCUT2D eigenvalue weighted by Gasteiger charge is -2.19. The van der Waals surface area contributed by atoms with E-state index in [1.165, 1.54) is 12.8 Å². The molecule has 108 valence electrons. The Hall–Kier alpha value is -0.640. The first-order valence-electron chi connectivity index (χ1n) is 6.73. The molecular formula is C15H18Cl2N2S. The summed E-state index contributed by atoms with van der Waals surface area (Å²) >= 11 is 14.3. The molecule has 0 aliphatic heterocycles. The first-order valence-corrected chi connectivity index (χ1v) is 8.53. The molecule has 0 aliphatic rings. The van der Waals surface area contributed by atoms with Gasteiger partial charge in [-0.05, 0) is 29.9 Å². The smallest absolute Gasteiger partial charge is 0.0946 e. The number of unbranched alkanes of at least 4 members (excludes halogenated alkanes) is 1. The fourth-order valence-corrected chi connectivity index (χ4v) is 3.97. The molecule has 0 amide bonds. The summed E-state index contributed by atoms with van der Waals surface area (Å²) in [5, 5.41) is 1.74. The normalized spacial score (nSPS) is 12.6. The molecular weight excluding hydrogens is 311 g/mol. The molecule has 1 aromatic heterocycles. The van der Waals surface area contributed by atoms with Gasteiger partial charge in [0.05, 0.1) is 6.33 Å². The van der Waals surface area contributed by atoms with Crippen molar-refractivity contribution in [2.24, 2.45) is 0 Å². The van der Waals surface area contributed by atoms with E-state index in [-0.39, 0.29) is 0 Å². The van der Waals surface area contributed by atoms with Crippen LogP contribution in [0, 0.1) is 0 Å². The fraction of sp³-hybridized carbons (Fsp3) is 0.400. The molecule has 0 N–H and O–H groups in total. The lowest BCUT2D eigenvalue weighted by Crippen LogP contribution is -2.06. The predicted molar refractivity (Wildman–Crippen MR) is 88.8 cm³/mol. The Balaban J connectivity index is 2.15. The van der Waals surface area contributed by atoms with Gasteiger partial charge in [0.2, 0.25) is 0 Å². The Morgan fingerprint density at radius 3 is 2.85 bits per heavy atom. The van der Waals surface area contributed by atoms with E-state index in [1.807, 2.05) is 42.5 Å². The van der Waals surface area contributed by atoms with Crippen LogP contribution < -0.4 is 0 Å². The molecule has 5 heteroatoms. The van der Waals surface area contributed by atoms with Crippen molar-refractivity contribution >= 4 is 35.0 Å². The summed E-state index contributed by atoms with van der Waals surface area (Å²) in [7, 11) is 0. The summed E-state index contributed by atoms with van der Waals surface area (Å²) in [5.41, 5.74) is 1.14. The number of halogens is 2. The topological polar surface area (TPSA) is 17.8 Å². The van der Waals surface area contributed by atoms with Crippen molar-refractivity contribution in [2.45, 2.75) is 31.6 Å². The summed E-state index contributed by atoms with van der Waals surface area (Å²) in [6.45, 7) is 3.08. The first-order chi connectivity index (χ1) is 9.70. The summed E-state index contributed by atoms with van der Waals surface area (Å²) < 4.78 is 2.09. The highest BCUT2D eigenvalue weighted by Gasteiger charge is 2.16. The van der Waals surface area contributed by atoms with Crippen molar-refractivity contribution in [1.82, 2.24) is 9.55 Å². The predicted octanol–water partition coefficient (Wildman–Crippen LogP) is 5.46. The van der Waals surface area contributed by atoms with Crippen LogP contribution in [0.1, 0.15) is 30.6 Å². The maximum absolute atomic E-state index is 6.35. The van der Waals surface area contributed by atoms with Crippen molar-refractivity contribution in [1.29, 1.82) is 0 Å². The van der Waals surface area contributed by atoms with E-state index in [1.54, 1.807) is 6.20 Å². The van der Waals surface area contributed by atoms with Crippen LogP contribution in [0.3, 0.4) is 0 Å². The van der Waals surface area contributed by atoms with Crippen molar-refractivity contribution < 1.29 is 0 Å². The molecule has 2 rings (SSSR count). The monoisotopic (exact) mass is 328 g/mol. The molecule has 2 nitrogen and oxygen atoms in total. The molecule has 0 bridgehead atoms. The molecule has 0 fully saturated rings. The molecule has 1 heterocycles. The Morgan fingerprint density at radius 2 is 2.20 bits per heavy atom. The lowest BCUT2D eigenvalue weighted by atomic mass is 10.1. The third-order valence-corrected chi connectivity index (χ3v) is 4.95. The van der Waals surface area contributed by atoms with Crippen molar-refractivity contribution in [3.63, 3.8) is 0 Å². The van der Waals surface area contributed by atoms with E-state index in [9.17, 15) is 0 Å². The van der Waals surface area contributed by atoms with Crippen LogP contribution >= 0.6 is 35.0 Å². The Bertz CT molecular complexity index is 529. The lowest BCUT2D eigenvalue weighted by molar-refractivity contribution is 0.682. The van der Waals surface area contributed by atoms with E-state index in [0.29, 0.717) is 10.3 Å². The number of benzene rings is 1. The number of nitrogens with zero attached hydrogens (tertiary/aromatic N) is 2. The van der Waals surface area contributed by atoms with Gasteiger partial charge in [-0.25, -0.2) is 4.98 Å². The van der Waals surface area contributed by atoms with Crippen LogP contribution in [0.4, 0.5) is 0 Å². The van der Waals surface area contributed by atoms with Gasteiger partial charge < -0.3 is 4.57 Å². The highest BCUT2D eigenvalue weighted by molar-refractivity contribution is 7.99. The molecule has 0 saturated carbocycles. The van der Waals surface area contributed by atoms with Crippen molar-refractivity contribution in [3.05, 3.63) is 52.5 Å². The van der Waals surface area contributed by atoms with Crippen LogP contribution in [-0.2, 0) is 6.54 Å². The Kier molecular flexibility index (Phi) is 6.27. The number of imidazole rings is 1. The highest BCUT2D eigenvalue weighted by Crippen LogP contribution is 2.36. The van der Waals surface area contributed by atoms with E-state index >= 15 is 0 Å². The maximum atomic E-state index is 6.35. The Labute approximate surface area is 134 Å². The number of thioether (sulfide) groups is 1. The quantitative estimate of drug-likeness (QED) is 0.627. The zero-order chi connectivity index (χ0) is 14.4. The van der Waals surface area contributed by atoms with Gasteiger partial charge in [0.1, 0.15) is 0 Å². The molecule has 0 spiro atoms. The number of rotatable bonds is 7. The highest BCUT2D eigenvalue weighted by atomic mass is 35.5. The maximum Gasteiger partial charge on any atom is 0.0946 e. The van der Waals surface area contributed by atoms with Gasteiger partial charge in [-0.2, -0.15) is 11.8 Å². The fourth-order valence-electron chi connectivity index (χ4n) is 1.96. The van der Waals surface area contributed by atoms with Crippen LogP contribution in [-0.4, -0.2) is 15.3 Å². The van der Waals surface area contributed by atoms with Gasteiger partial charge >= 0.3 is 0 Å². The van der Waals surface area contributed by atoms with E-state index in [4.69, 9.17) is 23.2 Å². The molecule has 20 heavy (non-hydrogen) atoms. The van der Waals surface area contributed by atoms with Crippen LogP contribution in [0.15, 0.2) is 36.9 Å². The van der Waals surface area contributed by atoms with Gasteiger partial charge in [0.15, 0.2) is 0 Å². The second-order valence-corrected chi connectivity index (χ2v) is 6.79. The summed E-state index contributed by atoms with van der Waals surface area (Å²) in [6, 6.07) is 5.76. The zero-order valence-corrected chi connectivity index (χ0v) is 13.8. The van der Waals surface area contributed by atoms with Gasteiger partial charge in [0, 0.05) is 34.2 Å². The second-order valence-electron chi connectivity index (χ2n) is 4.64. The summed E-state index contributed by atoms with van der Waals surface area (Å²) in [5.74, 6) is 1.13. The average molecular weight is 329 g/mol. The molecule has 0 radical (unpaired) electrons. The minimum Gasteiger partial charge on any atom is -0.336 e. The van der Waals surface area contributed by atoms with Crippen LogP contribution in [0.2, 0.25) is 10.0 Å². The molecule has 0 saturated heterocycles. The van der Waals surface area contributed by atoms with Crippen molar-refractivity contribution in [2.75, 3.05) is 5.75 Å². The largest absolute Gasteiger partial charge is 0.336 e. The van der Waals surface area contributed by atoms with E-state index < -0.39 is 0 Å². The van der Waals surface area contributed by atoms with Gasteiger partial charge in [-0.3, -0.25) is 0 Å². The number of hydrogen-bond donors (Lipinski definition) is 0. The van der Waals surface area contributed by atoms with Gasteiger partial charge in [0.25, 0.3) is 0 Å². The average Bonchev–Trinajstić information content (AvgIpc) is 2.91. The van der Waals surface area contributed by atoms with Gasteiger partial charge in [-0.1, -0.05) is 42.6 Å². The van der Waals surface area contributed by atoms with Gasteiger partial charge in [-0.15, -0.1) is 0 Å². The Morgan fingerprint density at radius 1 is 1.35 bits per heavy atom. The SMILES string of the molecule is CCCCSC(Cn1ccnc1)c1ccc(Cl)cc1Cl. The molecule has 1 atom stereocenters. The third-order valence-electron chi connectivity index (χ3n) is 3.06. The van der Waals surface area contributed by atoms with Crippen LogP contribution in [0.5, 0.6) is 0 Å². The molecule has 2 aromatic rings.